The summed E-state index contributed by atoms with van der Waals surface area (Å²) in [5.41, 5.74) is -0.864. The van der Waals surface area contributed by atoms with E-state index < -0.39 is 15.6 Å². The van der Waals surface area contributed by atoms with E-state index in [0.717, 1.165) is 25.7 Å². The van der Waals surface area contributed by atoms with Crippen molar-refractivity contribution in [3.8, 4) is 0 Å². The van der Waals surface area contributed by atoms with Gasteiger partial charge in [0, 0.05) is 13.7 Å². The van der Waals surface area contributed by atoms with Gasteiger partial charge in [0.2, 0.25) is 10.0 Å². The quantitative estimate of drug-likeness (QED) is 0.691. The molecule has 17 heavy (non-hydrogen) atoms. The predicted octanol–water partition coefficient (Wildman–Crippen LogP) is 0.637. The van der Waals surface area contributed by atoms with Gasteiger partial charge in [-0.1, -0.05) is 25.7 Å². The molecule has 102 valence electrons. The molecule has 0 bridgehead atoms. The standard InChI is InChI=1S/C11H23NO4S/c1-16-8-9-17(14,15)12-10-11(13)6-4-2-3-5-7-11/h12-13H,2-10H2,1H3. The fourth-order valence-corrected chi connectivity index (χ4v) is 3.09. The highest BCUT2D eigenvalue weighted by molar-refractivity contribution is 7.89. The maximum absolute atomic E-state index is 11.6. The average molecular weight is 265 g/mol. The van der Waals surface area contributed by atoms with Crippen LogP contribution in [0.4, 0.5) is 0 Å². The molecule has 0 aromatic carbocycles. The molecule has 1 rings (SSSR count). The Labute approximate surface area is 104 Å². The van der Waals surface area contributed by atoms with Crippen molar-refractivity contribution in [1.29, 1.82) is 0 Å². The molecule has 1 fully saturated rings. The van der Waals surface area contributed by atoms with Gasteiger partial charge in [0.15, 0.2) is 0 Å². The van der Waals surface area contributed by atoms with Crippen LogP contribution in [-0.4, -0.2) is 45.1 Å². The fourth-order valence-electron chi connectivity index (χ4n) is 2.07. The smallest absolute Gasteiger partial charge is 0.213 e. The molecule has 6 heteroatoms. The number of nitrogens with one attached hydrogen (secondary N) is 1. The lowest BCUT2D eigenvalue weighted by molar-refractivity contribution is 0.0302. The number of ether oxygens (including phenoxy) is 1. The van der Waals surface area contributed by atoms with Gasteiger partial charge in [0.1, 0.15) is 0 Å². The van der Waals surface area contributed by atoms with Crippen molar-refractivity contribution in [2.75, 3.05) is 26.0 Å². The summed E-state index contributed by atoms with van der Waals surface area (Å²) in [5.74, 6) is -0.0560. The molecule has 5 nitrogen and oxygen atoms in total. The molecule has 0 amide bonds. The summed E-state index contributed by atoms with van der Waals surface area (Å²) < 4.78 is 30.3. The van der Waals surface area contributed by atoms with Crippen LogP contribution in [0.15, 0.2) is 0 Å². The van der Waals surface area contributed by atoms with E-state index in [2.05, 4.69) is 4.72 Å². The third kappa shape index (κ3) is 5.81. The number of aliphatic hydroxyl groups is 1. The maximum atomic E-state index is 11.6. The molecule has 0 atom stereocenters. The number of sulfonamides is 1. The number of methoxy groups -OCH3 is 1. The molecule has 0 heterocycles. The van der Waals surface area contributed by atoms with Crippen LogP contribution in [0.25, 0.3) is 0 Å². The molecular weight excluding hydrogens is 242 g/mol. The summed E-state index contributed by atoms with van der Waals surface area (Å²) in [4.78, 5) is 0. The van der Waals surface area contributed by atoms with Crippen LogP contribution in [0.3, 0.4) is 0 Å². The Balaban J connectivity index is 2.42. The average Bonchev–Trinajstić information content (AvgIpc) is 2.50. The largest absolute Gasteiger partial charge is 0.389 e. The lowest BCUT2D eigenvalue weighted by Crippen LogP contribution is -2.43. The number of rotatable bonds is 6. The van der Waals surface area contributed by atoms with Gasteiger partial charge in [-0.15, -0.1) is 0 Å². The van der Waals surface area contributed by atoms with Crippen molar-refractivity contribution in [2.45, 2.75) is 44.1 Å². The van der Waals surface area contributed by atoms with Crippen molar-refractivity contribution in [2.24, 2.45) is 0 Å². The van der Waals surface area contributed by atoms with Crippen LogP contribution in [0.5, 0.6) is 0 Å². The Kier molecular flexibility index (Phi) is 5.85. The molecule has 0 unspecified atom stereocenters. The first-order valence-electron chi connectivity index (χ1n) is 6.16. The van der Waals surface area contributed by atoms with E-state index in [1.807, 2.05) is 0 Å². The highest BCUT2D eigenvalue weighted by Crippen LogP contribution is 2.26. The third-order valence-corrected chi connectivity index (χ3v) is 4.50. The molecule has 1 aliphatic rings. The maximum Gasteiger partial charge on any atom is 0.213 e. The van der Waals surface area contributed by atoms with Gasteiger partial charge in [-0.05, 0) is 12.8 Å². The van der Waals surface area contributed by atoms with E-state index in [9.17, 15) is 13.5 Å². The summed E-state index contributed by atoms with van der Waals surface area (Å²) in [7, 11) is -1.86. The Morgan fingerprint density at radius 2 is 1.82 bits per heavy atom. The van der Waals surface area contributed by atoms with E-state index in [0.29, 0.717) is 12.8 Å². The molecule has 1 aliphatic carbocycles. The fraction of sp³-hybridized carbons (Fsp3) is 1.00. The first-order chi connectivity index (χ1) is 7.97. The normalized spacial score (nSPS) is 21.1. The van der Waals surface area contributed by atoms with Crippen LogP contribution >= 0.6 is 0 Å². The van der Waals surface area contributed by atoms with Crippen LogP contribution in [0.1, 0.15) is 38.5 Å². The predicted molar refractivity (Wildman–Crippen MR) is 66.3 cm³/mol. The van der Waals surface area contributed by atoms with Crippen LogP contribution in [-0.2, 0) is 14.8 Å². The topological polar surface area (TPSA) is 75.6 Å². The van der Waals surface area contributed by atoms with Crippen molar-refractivity contribution in [1.82, 2.24) is 4.72 Å². The van der Waals surface area contributed by atoms with Gasteiger partial charge in [0.25, 0.3) is 0 Å². The number of hydrogen-bond donors (Lipinski definition) is 2. The van der Waals surface area contributed by atoms with Crippen molar-refractivity contribution in [3.05, 3.63) is 0 Å². The Morgan fingerprint density at radius 3 is 2.35 bits per heavy atom. The highest BCUT2D eigenvalue weighted by atomic mass is 32.2. The van der Waals surface area contributed by atoms with E-state index in [-0.39, 0.29) is 18.9 Å². The minimum Gasteiger partial charge on any atom is -0.389 e. The van der Waals surface area contributed by atoms with Crippen molar-refractivity contribution < 1.29 is 18.3 Å². The van der Waals surface area contributed by atoms with E-state index in [1.165, 1.54) is 7.11 Å². The zero-order valence-electron chi connectivity index (χ0n) is 10.4. The molecule has 0 aromatic heterocycles. The van der Waals surface area contributed by atoms with Crippen LogP contribution in [0.2, 0.25) is 0 Å². The number of hydrogen-bond acceptors (Lipinski definition) is 4. The van der Waals surface area contributed by atoms with Crippen molar-refractivity contribution in [3.63, 3.8) is 0 Å². The van der Waals surface area contributed by atoms with E-state index in [4.69, 9.17) is 4.74 Å². The van der Waals surface area contributed by atoms with Gasteiger partial charge < -0.3 is 9.84 Å². The Bertz CT molecular complexity index is 307. The van der Waals surface area contributed by atoms with Crippen LogP contribution in [0, 0.1) is 0 Å². The van der Waals surface area contributed by atoms with Gasteiger partial charge >= 0.3 is 0 Å². The summed E-state index contributed by atoms with van der Waals surface area (Å²) in [6, 6.07) is 0. The Morgan fingerprint density at radius 1 is 1.24 bits per heavy atom. The summed E-state index contributed by atoms with van der Waals surface area (Å²) in [6.45, 7) is 0.298. The Hall–Kier alpha value is -0.170. The molecule has 0 saturated heterocycles. The second kappa shape index (κ2) is 6.68. The van der Waals surface area contributed by atoms with E-state index in [1.54, 1.807) is 0 Å². The highest BCUT2D eigenvalue weighted by Gasteiger charge is 2.29. The zero-order valence-corrected chi connectivity index (χ0v) is 11.3. The molecule has 0 aliphatic heterocycles. The molecular formula is C11H23NO4S. The van der Waals surface area contributed by atoms with E-state index >= 15 is 0 Å². The van der Waals surface area contributed by atoms with Gasteiger partial charge in [-0.3, -0.25) is 0 Å². The molecule has 0 spiro atoms. The summed E-state index contributed by atoms with van der Waals surface area (Å²) in [6.07, 6.45) is 5.55. The lowest BCUT2D eigenvalue weighted by atomic mass is 9.95. The third-order valence-electron chi connectivity index (χ3n) is 3.21. The summed E-state index contributed by atoms with van der Waals surface area (Å²) >= 11 is 0. The monoisotopic (exact) mass is 265 g/mol. The first kappa shape index (κ1) is 14.9. The molecule has 0 radical (unpaired) electrons. The second-order valence-electron chi connectivity index (χ2n) is 4.77. The van der Waals surface area contributed by atoms with Crippen LogP contribution < -0.4 is 4.72 Å². The summed E-state index contributed by atoms with van der Waals surface area (Å²) in [5, 5.41) is 10.3. The SMILES string of the molecule is COCCS(=O)(=O)NCC1(O)CCCCCC1. The minimum atomic E-state index is -3.33. The first-order valence-corrected chi connectivity index (χ1v) is 7.81. The molecule has 0 aromatic rings. The lowest BCUT2D eigenvalue weighted by Gasteiger charge is -2.26. The van der Waals surface area contributed by atoms with Gasteiger partial charge in [-0.2, -0.15) is 0 Å². The van der Waals surface area contributed by atoms with Gasteiger partial charge in [-0.25, -0.2) is 13.1 Å². The minimum absolute atomic E-state index is 0.0560. The molecule has 2 N–H and O–H groups in total. The molecule has 1 saturated carbocycles. The zero-order chi connectivity index (χ0) is 12.8. The van der Waals surface area contributed by atoms with Crippen molar-refractivity contribution >= 4 is 10.0 Å². The second-order valence-corrected chi connectivity index (χ2v) is 6.70. The van der Waals surface area contributed by atoms with Gasteiger partial charge in [0.05, 0.1) is 18.0 Å².